The Morgan fingerprint density at radius 1 is 1.04 bits per heavy atom. The van der Waals surface area contributed by atoms with Gasteiger partial charge in [0.15, 0.2) is 0 Å². The molecule has 0 saturated carbocycles. The summed E-state index contributed by atoms with van der Waals surface area (Å²) in [5.74, 6) is -0.851. The molecule has 4 rings (SSSR count). The third-order valence-electron chi connectivity index (χ3n) is 5.37. The molecule has 0 unspecified atom stereocenters. The molecule has 128 valence electrons. The minimum atomic E-state index is -0.651. The number of carboxylic acids is 1. The summed E-state index contributed by atoms with van der Waals surface area (Å²) in [7, 11) is 0. The van der Waals surface area contributed by atoms with Gasteiger partial charge in [-0.25, -0.2) is 0 Å². The highest BCUT2D eigenvalue weighted by atomic mass is 16.4. The number of likely N-dealkylation sites (tertiary alicyclic amines) is 1. The number of benzene rings is 2. The van der Waals surface area contributed by atoms with Crippen LogP contribution in [-0.2, 0) is 4.79 Å². The van der Waals surface area contributed by atoms with Crippen LogP contribution >= 0.6 is 0 Å². The van der Waals surface area contributed by atoms with Crippen LogP contribution in [0.15, 0.2) is 54.6 Å². The molecule has 1 heterocycles. The SMILES string of the molecule is O=C(O)[C@H]1CCCN(CCC=C2c3ccccc3-c3ccccc32)C1. The van der Waals surface area contributed by atoms with E-state index in [2.05, 4.69) is 59.5 Å². The first-order valence-corrected chi connectivity index (χ1v) is 9.08. The Bertz CT molecular complexity index is 777. The molecule has 3 nitrogen and oxygen atoms in total. The Morgan fingerprint density at radius 3 is 2.24 bits per heavy atom. The molecule has 1 saturated heterocycles. The average molecular weight is 333 g/mol. The normalized spacial score (nSPS) is 19.4. The van der Waals surface area contributed by atoms with Crippen molar-refractivity contribution in [1.29, 1.82) is 0 Å². The summed E-state index contributed by atoms with van der Waals surface area (Å²) in [5.41, 5.74) is 6.57. The maximum absolute atomic E-state index is 11.2. The van der Waals surface area contributed by atoms with Crippen molar-refractivity contribution in [3.8, 4) is 11.1 Å². The summed E-state index contributed by atoms with van der Waals surface area (Å²) in [6, 6.07) is 17.2. The minimum Gasteiger partial charge on any atom is -0.481 e. The number of hydrogen-bond acceptors (Lipinski definition) is 2. The van der Waals surface area contributed by atoms with E-state index >= 15 is 0 Å². The van der Waals surface area contributed by atoms with Crippen LogP contribution in [0.1, 0.15) is 30.4 Å². The van der Waals surface area contributed by atoms with Crippen molar-refractivity contribution in [2.75, 3.05) is 19.6 Å². The van der Waals surface area contributed by atoms with Crippen molar-refractivity contribution in [2.45, 2.75) is 19.3 Å². The van der Waals surface area contributed by atoms with Gasteiger partial charge in [0.2, 0.25) is 0 Å². The van der Waals surface area contributed by atoms with Gasteiger partial charge in [-0.05, 0) is 53.6 Å². The molecule has 0 radical (unpaired) electrons. The molecule has 25 heavy (non-hydrogen) atoms. The third kappa shape index (κ3) is 3.12. The Morgan fingerprint density at radius 2 is 1.64 bits per heavy atom. The van der Waals surface area contributed by atoms with Crippen LogP contribution in [0.5, 0.6) is 0 Å². The van der Waals surface area contributed by atoms with Gasteiger partial charge in [-0.3, -0.25) is 4.79 Å². The second-order valence-corrected chi connectivity index (χ2v) is 6.98. The van der Waals surface area contributed by atoms with E-state index in [0.29, 0.717) is 6.54 Å². The quantitative estimate of drug-likeness (QED) is 0.774. The van der Waals surface area contributed by atoms with Crippen LogP contribution in [0.4, 0.5) is 0 Å². The number of fused-ring (bicyclic) bond motifs is 3. The predicted octanol–water partition coefficient (Wildman–Crippen LogP) is 4.29. The van der Waals surface area contributed by atoms with Gasteiger partial charge in [-0.15, -0.1) is 0 Å². The predicted molar refractivity (Wildman–Crippen MR) is 100 cm³/mol. The highest BCUT2D eigenvalue weighted by Crippen LogP contribution is 2.43. The minimum absolute atomic E-state index is 0.200. The molecule has 2 aliphatic rings. The molecule has 0 amide bonds. The molecule has 0 aromatic heterocycles. The summed E-state index contributed by atoms with van der Waals surface area (Å²) in [6.45, 7) is 2.63. The second kappa shape index (κ2) is 6.85. The first-order valence-electron chi connectivity index (χ1n) is 9.08. The van der Waals surface area contributed by atoms with Crippen LogP contribution in [0.2, 0.25) is 0 Å². The van der Waals surface area contributed by atoms with Gasteiger partial charge < -0.3 is 10.0 Å². The van der Waals surface area contributed by atoms with Crippen LogP contribution in [0.25, 0.3) is 16.7 Å². The fourth-order valence-corrected chi connectivity index (χ4v) is 4.12. The number of carboxylic acid groups (broad SMARTS) is 1. The molecule has 1 atom stereocenters. The number of piperidine rings is 1. The monoisotopic (exact) mass is 333 g/mol. The summed E-state index contributed by atoms with van der Waals surface area (Å²) in [6.07, 6.45) is 5.08. The standard InChI is InChI=1S/C22H23NO2/c24-22(25)16-7-5-13-23(15-16)14-6-12-21-19-10-3-1-8-17(19)18-9-2-4-11-20(18)21/h1-4,8-12,16H,5-7,13-15H2,(H,24,25)/t16-/m0/s1. The lowest BCUT2D eigenvalue weighted by Crippen LogP contribution is -2.39. The molecule has 1 fully saturated rings. The molecular weight excluding hydrogens is 310 g/mol. The third-order valence-corrected chi connectivity index (χ3v) is 5.37. The first kappa shape index (κ1) is 16.1. The summed E-state index contributed by atoms with van der Waals surface area (Å²) >= 11 is 0. The molecule has 1 aliphatic carbocycles. The zero-order valence-corrected chi connectivity index (χ0v) is 14.3. The molecule has 0 spiro atoms. The molecule has 0 bridgehead atoms. The Labute approximate surface area is 148 Å². The highest BCUT2D eigenvalue weighted by molar-refractivity contribution is 6.01. The first-order chi connectivity index (χ1) is 12.2. The van der Waals surface area contributed by atoms with E-state index < -0.39 is 5.97 Å². The van der Waals surface area contributed by atoms with Crippen molar-refractivity contribution in [2.24, 2.45) is 5.92 Å². The maximum Gasteiger partial charge on any atom is 0.307 e. The van der Waals surface area contributed by atoms with Crippen molar-refractivity contribution in [1.82, 2.24) is 4.90 Å². The number of carbonyl (C=O) groups is 1. The van der Waals surface area contributed by atoms with Gasteiger partial charge in [0, 0.05) is 13.1 Å². The van der Waals surface area contributed by atoms with Gasteiger partial charge in [0.05, 0.1) is 5.92 Å². The van der Waals surface area contributed by atoms with E-state index in [1.54, 1.807) is 0 Å². The summed E-state index contributed by atoms with van der Waals surface area (Å²) < 4.78 is 0. The Balaban J connectivity index is 1.51. The van der Waals surface area contributed by atoms with Crippen molar-refractivity contribution in [3.63, 3.8) is 0 Å². The fourth-order valence-electron chi connectivity index (χ4n) is 4.12. The van der Waals surface area contributed by atoms with Crippen LogP contribution in [0, 0.1) is 5.92 Å². The van der Waals surface area contributed by atoms with E-state index in [9.17, 15) is 9.90 Å². The van der Waals surface area contributed by atoms with Crippen LogP contribution in [-0.4, -0.2) is 35.6 Å². The molecule has 2 aromatic rings. The Kier molecular flexibility index (Phi) is 4.41. The Hall–Kier alpha value is -2.39. The van der Waals surface area contributed by atoms with Crippen LogP contribution < -0.4 is 0 Å². The van der Waals surface area contributed by atoms with Gasteiger partial charge in [0.1, 0.15) is 0 Å². The lowest BCUT2D eigenvalue weighted by atomic mass is 9.98. The van der Waals surface area contributed by atoms with E-state index in [1.807, 2.05) is 0 Å². The zero-order valence-electron chi connectivity index (χ0n) is 14.3. The van der Waals surface area contributed by atoms with Crippen LogP contribution in [0.3, 0.4) is 0 Å². The molecule has 1 N–H and O–H groups in total. The average Bonchev–Trinajstić information content (AvgIpc) is 2.96. The van der Waals surface area contributed by atoms with Gasteiger partial charge in [-0.1, -0.05) is 54.6 Å². The maximum atomic E-state index is 11.2. The second-order valence-electron chi connectivity index (χ2n) is 6.98. The van der Waals surface area contributed by atoms with E-state index in [1.165, 1.54) is 27.8 Å². The lowest BCUT2D eigenvalue weighted by molar-refractivity contribution is -0.143. The zero-order chi connectivity index (χ0) is 17.2. The smallest absolute Gasteiger partial charge is 0.307 e. The molecule has 3 heteroatoms. The number of aliphatic carboxylic acids is 1. The highest BCUT2D eigenvalue weighted by Gasteiger charge is 2.25. The van der Waals surface area contributed by atoms with Crippen molar-refractivity contribution >= 4 is 11.5 Å². The van der Waals surface area contributed by atoms with Gasteiger partial charge in [0.25, 0.3) is 0 Å². The number of nitrogens with zero attached hydrogens (tertiary/aromatic N) is 1. The summed E-state index contributed by atoms with van der Waals surface area (Å²) in [5, 5.41) is 9.23. The topological polar surface area (TPSA) is 40.5 Å². The van der Waals surface area contributed by atoms with E-state index in [4.69, 9.17) is 0 Å². The van der Waals surface area contributed by atoms with Crippen molar-refractivity contribution in [3.05, 3.63) is 65.7 Å². The van der Waals surface area contributed by atoms with E-state index in [0.717, 1.165) is 32.4 Å². The van der Waals surface area contributed by atoms with Crippen molar-refractivity contribution < 1.29 is 9.90 Å². The fraction of sp³-hybridized carbons (Fsp3) is 0.318. The molecule has 1 aliphatic heterocycles. The molecule has 2 aromatic carbocycles. The summed E-state index contributed by atoms with van der Waals surface area (Å²) in [4.78, 5) is 13.5. The largest absolute Gasteiger partial charge is 0.481 e. The number of rotatable bonds is 4. The van der Waals surface area contributed by atoms with Gasteiger partial charge >= 0.3 is 5.97 Å². The number of hydrogen-bond donors (Lipinski definition) is 1. The lowest BCUT2D eigenvalue weighted by Gasteiger charge is -2.30. The molecular formula is C22H23NO2. The van der Waals surface area contributed by atoms with E-state index in [-0.39, 0.29) is 5.92 Å². The van der Waals surface area contributed by atoms with Gasteiger partial charge in [-0.2, -0.15) is 0 Å².